The number of hydrogen-bond acceptors (Lipinski definition) is 3. The average Bonchev–Trinajstić information content (AvgIpc) is 2.72. The molecule has 1 heterocycles. The van der Waals surface area contributed by atoms with Crippen molar-refractivity contribution in [3.63, 3.8) is 0 Å². The van der Waals surface area contributed by atoms with Gasteiger partial charge in [0.2, 0.25) is 5.88 Å². The van der Waals surface area contributed by atoms with Gasteiger partial charge in [0, 0.05) is 12.5 Å². The quantitative estimate of drug-likeness (QED) is 0.792. The summed E-state index contributed by atoms with van der Waals surface area (Å²) in [7, 11) is 0. The molecule has 2 rings (SSSR count). The van der Waals surface area contributed by atoms with Crippen molar-refractivity contribution < 1.29 is 9.53 Å². The van der Waals surface area contributed by atoms with E-state index in [1.165, 1.54) is 5.56 Å². The van der Waals surface area contributed by atoms with E-state index >= 15 is 0 Å². The first-order valence-corrected chi connectivity index (χ1v) is 6.39. The Morgan fingerprint density at radius 1 is 1.26 bits per heavy atom. The molecule has 2 aromatic rings. The van der Waals surface area contributed by atoms with E-state index in [0.29, 0.717) is 18.8 Å². The molecular weight excluding hydrogens is 240 g/mol. The maximum atomic E-state index is 11.4. The summed E-state index contributed by atoms with van der Waals surface area (Å²) in [6.07, 6.45) is 0.356. The largest absolute Gasteiger partial charge is 0.408 e. The predicted molar refractivity (Wildman–Crippen MR) is 73.2 cm³/mol. The van der Waals surface area contributed by atoms with Crippen molar-refractivity contribution in [3.05, 3.63) is 47.2 Å². The van der Waals surface area contributed by atoms with E-state index in [-0.39, 0.29) is 5.97 Å². The van der Waals surface area contributed by atoms with Gasteiger partial charge >= 0.3 is 5.97 Å². The highest BCUT2D eigenvalue weighted by atomic mass is 16.5. The molecule has 0 atom stereocenters. The Morgan fingerprint density at radius 3 is 2.58 bits per heavy atom. The molecule has 0 aliphatic rings. The van der Waals surface area contributed by atoms with E-state index in [1.54, 1.807) is 17.7 Å². The van der Waals surface area contributed by atoms with Crippen LogP contribution in [0.4, 0.5) is 0 Å². The molecule has 1 aromatic carbocycles. The lowest BCUT2D eigenvalue weighted by atomic mass is 10.1. The molecule has 0 saturated carbocycles. The van der Waals surface area contributed by atoms with Gasteiger partial charge in [-0.15, -0.1) is 0 Å². The van der Waals surface area contributed by atoms with Crippen LogP contribution in [0.5, 0.6) is 5.88 Å². The molecule has 0 saturated heterocycles. The van der Waals surface area contributed by atoms with E-state index in [1.807, 2.05) is 6.92 Å². The lowest BCUT2D eigenvalue weighted by Gasteiger charge is -2.07. The zero-order valence-electron chi connectivity index (χ0n) is 11.5. The maximum absolute atomic E-state index is 11.4. The summed E-state index contributed by atoms with van der Waals surface area (Å²) < 4.78 is 6.99. The average molecular weight is 258 g/mol. The fraction of sp³-hybridized carbons (Fsp3) is 0.333. The molecule has 0 fully saturated rings. The number of carbonyl (C=O) groups is 1. The minimum Gasteiger partial charge on any atom is -0.408 e. The highest BCUT2D eigenvalue weighted by Gasteiger charge is 2.10. The van der Waals surface area contributed by atoms with Crippen LogP contribution >= 0.6 is 0 Å². The van der Waals surface area contributed by atoms with Gasteiger partial charge in [-0.2, -0.15) is 5.10 Å². The van der Waals surface area contributed by atoms with E-state index in [9.17, 15) is 4.79 Å². The molecule has 19 heavy (non-hydrogen) atoms. The van der Waals surface area contributed by atoms with Gasteiger partial charge in [-0.25, -0.2) is 4.68 Å². The van der Waals surface area contributed by atoms with Crippen LogP contribution in [0, 0.1) is 13.8 Å². The van der Waals surface area contributed by atoms with Crippen molar-refractivity contribution in [1.29, 1.82) is 0 Å². The number of nitrogens with zero attached hydrogens (tertiary/aromatic N) is 2. The number of aromatic nitrogens is 2. The summed E-state index contributed by atoms with van der Waals surface area (Å²) in [5.41, 5.74) is 3.19. The van der Waals surface area contributed by atoms with Crippen molar-refractivity contribution in [1.82, 2.24) is 9.78 Å². The van der Waals surface area contributed by atoms with Crippen LogP contribution in [0.25, 0.3) is 0 Å². The lowest BCUT2D eigenvalue weighted by Crippen LogP contribution is -2.11. The smallest absolute Gasteiger partial charge is 0.312 e. The van der Waals surface area contributed by atoms with E-state index in [4.69, 9.17) is 4.74 Å². The van der Waals surface area contributed by atoms with Crippen LogP contribution < -0.4 is 4.74 Å². The first-order chi connectivity index (χ1) is 9.08. The van der Waals surface area contributed by atoms with Gasteiger partial charge in [0.1, 0.15) is 0 Å². The third kappa shape index (κ3) is 3.44. The van der Waals surface area contributed by atoms with E-state index < -0.39 is 0 Å². The topological polar surface area (TPSA) is 44.1 Å². The molecule has 0 spiro atoms. The molecule has 0 bridgehead atoms. The molecule has 4 heteroatoms. The van der Waals surface area contributed by atoms with Crippen molar-refractivity contribution in [2.24, 2.45) is 0 Å². The summed E-state index contributed by atoms with van der Waals surface area (Å²) in [4.78, 5) is 11.4. The zero-order valence-corrected chi connectivity index (χ0v) is 11.5. The molecule has 0 aliphatic heterocycles. The summed E-state index contributed by atoms with van der Waals surface area (Å²) >= 11 is 0. The Balaban J connectivity index is 2.19. The second kappa shape index (κ2) is 5.69. The summed E-state index contributed by atoms with van der Waals surface area (Å²) in [6.45, 7) is 6.31. The number of esters is 1. The zero-order chi connectivity index (χ0) is 13.8. The molecule has 100 valence electrons. The van der Waals surface area contributed by atoms with Crippen molar-refractivity contribution in [2.45, 2.75) is 33.7 Å². The minimum atomic E-state index is -0.245. The molecule has 0 radical (unpaired) electrons. The second-order valence-electron chi connectivity index (χ2n) is 4.59. The highest BCUT2D eigenvalue weighted by molar-refractivity contribution is 5.71. The second-order valence-corrected chi connectivity index (χ2v) is 4.59. The third-order valence-corrected chi connectivity index (χ3v) is 2.83. The number of benzene rings is 1. The van der Waals surface area contributed by atoms with E-state index in [2.05, 4.69) is 36.3 Å². The number of rotatable bonds is 4. The molecule has 0 amide bonds. The Morgan fingerprint density at radius 2 is 1.95 bits per heavy atom. The molecule has 1 aromatic heterocycles. The first-order valence-electron chi connectivity index (χ1n) is 6.39. The Labute approximate surface area is 113 Å². The fourth-order valence-electron chi connectivity index (χ4n) is 1.77. The Bertz CT molecular complexity index is 570. The fourth-order valence-corrected chi connectivity index (χ4v) is 1.77. The number of ether oxygens (including phenoxy) is 1. The van der Waals surface area contributed by atoms with Gasteiger partial charge in [-0.1, -0.05) is 36.8 Å². The minimum absolute atomic E-state index is 0.245. The van der Waals surface area contributed by atoms with Crippen LogP contribution in [-0.4, -0.2) is 15.7 Å². The summed E-state index contributed by atoms with van der Waals surface area (Å²) in [5, 5.41) is 4.36. The van der Waals surface area contributed by atoms with Crippen LogP contribution in [0.2, 0.25) is 0 Å². The molecule has 0 aliphatic carbocycles. The molecule has 0 unspecified atom stereocenters. The third-order valence-electron chi connectivity index (χ3n) is 2.83. The SMILES string of the molecule is CCC(=O)Oc1cc(C)nn1Cc1ccc(C)cc1. The van der Waals surface area contributed by atoms with Gasteiger partial charge in [-0.05, 0) is 19.4 Å². The van der Waals surface area contributed by atoms with Crippen molar-refractivity contribution in [2.75, 3.05) is 0 Å². The molecule has 4 nitrogen and oxygen atoms in total. The Kier molecular flexibility index (Phi) is 4.00. The predicted octanol–water partition coefficient (Wildman–Crippen LogP) is 2.86. The summed E-state index contributed by atoms with van der Waals surface area (Å²) in [6, 6.07) is 10.0. The van der Waals surface area contributed by atoms with Crippen LogP contribution in [-0.2, 0) is 11.3 Å². The maximum Gasteiger partial charge on any atom is 0.312 e. The van der Waals surface area contributed by atoms with Crippen molar-refractivity contribution in [3.8, 4) is 5.88 Å². The van der Waals surface area contributed by atoms with E-state index in [0.717, 1.165) is 11.3 Å². The molecule has 0 N–H and O–H groups in total. The number of hydrogen-bond donors (Lipinski definition) is 0. The first kappa shape index (κ1) is 13.3. The van der Waals surface area contributed by atoms with Crippen LogP contribution in [0.1, 0.15) is 30.2 Å². The van der Waals surface area contributed by atoms with Gasteiger partial charge in [0.15, 0.2) is 0 Å². The van der Waals surface area contributed by atoms with Crippen molar-refractivity contribution >= 4 is 5.97 Å². The standard InChI is InChI=1S/C15H18N2O2/c1-4-15(18)19-14-9-12(3)16-17(14)10-13-7-5-11(2)6-8-13/h5-9H,4,10H2,1-3H3. The van der Waals surface area contributed by atoms with Crippen LogP contribution in [0.15, 0.2) is 30.3 Å². The molecular formula is C15H18N2O2. The van der Waals surface area contributed by atoms with Gasteiger partial charge in [0.25, 0.3) is 0 Å². The Hall–Kier alpha value is -2.10. The van der Waals surface area contributed by atoms with Crippen LogP contribution in [0.3, 0.4) is 0 Å². The number of aryl methyl sites for hydroxylation is 2. The van der Waals surface area contributed by atoms with Gasteiger partial charge in [-0.3, -0.25) is 4.79 Å². The monoisotopic (exact) mass is 258 g/mol. The highest BCUT2D eigenvalue weighted by Crippen LogP contribution is 2.16. The summed E-state index contributed by atoms with van der Waals surface area (Å²) in [5.74, 6) is 0.259. The van der Waals surface area contributed by atoms with Gasteiger partial charge in [0.05, 0.1) is 12.2 Å². The lowest BCUT2D eigenvalue weighted by molar-refractivity contribution is -0.134. The number of carbonyl (C=O) groups excluding carboxylic acids is 1. The van der Waals surface area contributed by atoms with Gasteiger partial charge < -0.3 is 4.74 Å². The normalized spacial score (nSPS) is 10.5.